The van der Waals surface area contributed by atoms with Gasteiger partial charge in [0, 0.05) is 5.88 Å². The molecule has 10 heavy (non-hydrogen) atoms. The fourth-order valence-corrected chi connectivity index (χ4v) is 1.07. The summed E-state index contributed by atoms with van der Waals surface area (Å²) >= 11 is 16.0. The lowest BCUT2D eigenvalue weighted by molar-refractivity contribution is 0.191. The van der Waals surface area contributed by atoms with Gasteiger partial charge in [-0.25, -0.2) is 4.79 Å². The van der Waals surface area contributed by atoms with E-state index in [2.05, 4.69) is 0 Å². The van der Waals surface area contributed by atoms with Crippen LogP contribution in [0.1, 0.15) is 0 Å². The van der Waals surface area contributed by atoms with Crippen molar-refractivity contribution in [1.82, 2.24) is 5.32 Å². The van der Waals surface area contributed by atoms with E-state index in [1.807, 2.05) is 5.32 Å². The summed E-state index contributed by atoms with van der Waals surface area (Å²) in [6, 6.07) is -0.609. The third-order valence-electron chi connectivity index (χ3n) is 0.779. The Morgan fingerprint density at radius 2 is 2.10 bits per heavy atom. The summed E-state index contributed by atoms with van der Waals surface area (Å²) in [6.45, 7) is 0. The summed E-state index contributed by atoms with van der Waals surface area (Å²) < 4.78 is 0. The van der Waals surface area contributed by atoms with E-state index in [4.69, 9.17) is 39.9 Å². The van der Waals surface area contributed by atoms with Gasteiger partial charge < -0.3 is 10.4 Å². The van der Waals surface area contributed by atoms with Crippen molar-refractivity contribution < 1.29 is 9.90 Å². The first kappa shape index (κ1) is 10.1. The fraction of sp³-hybridized carbons (Fsp3) is 0.750. The Morgan fingerprint density at radius 3 is 2.20 bits per heavy atom. The number of nitrogens with one attached hydrogen (secondary N) is 1. The first-order valence-electron chi connectivity index (χ1n) is 2.41. The molecule has 0 aromatic carbocycles. The second-order valence-electron chi connectivity index (χ2n) is 1.54. The van der Waals surface area contributed by atoms with Crippen molar-refractivity contribution in [3.63, 3.8) is 0 Å². The number of halogens is 3. The molecule has 1 unspecified atom stereocenters. The predicted molar refractivity (Wildman–Crippen MR) is 41.2 cm³/mol. The number of hydrogen-bond acceptors (Lipinski definition) is 1. The predicted octanol–water partition coefficient (Wildman–Crippen LogP) is 1.67. The minimum Gasteiger partial charge on any atom is -0.465 e. The van der Waals surface area contributed by atoms with Gasteiger partial charge in [0.1, 0.15) is 4.84 Å². The zero-order valence-electron chi connectivity index (χ0n) is 4.85. The van der Waals surface area contributed by atoms with Gasteiger partial charge in [0.25, 0.3) is 0 Å². The molecular formula is C4H6Cl3NO2. The molecule has 0 fully saturated rings. The van der Waals surface area contributed by atoms with Crippen molar-refractivity contribution in [2.24, 2.45) is 0 Å². The number of alkyl halides is 3. The molecule has 2 N–H and O–H groups in total. The molecule has 0 rings (SSSR count). The third kappa shape index (κ3) is 4.04. The summed E-state index contributed by atoms with van der Waals surface area (Å²) in [5.41, 5.74) is 0. The van der Waals surface area contributed by atoms with Gasteiger partial charge in [0.15, 0.2) is 0 Å². The fourth-order valence-electron chi connectivity index (χ4n) is 0.328. The van der Waals surface area contributed by atoms with E-state index in [-0.39, 0.29) is 5.88 Å². The molecule has 0 bridgehead atoms. The number of hydrogen-bond donors (Lipinski definition) is 2. The van der Waals surface area contributed by atoms with Crippen LogP contribution >= 0.6 is 34.8 Å². The van der Waals surface area contributed by atoms with Gasteiger partial charge in [-0.2, -0.15) is 0 Å². The largest absolute Gasteiger partial charge is 0.465 e. The first-order chi connectivity index (χ1) is 4.57. The smallest absolute Gasteiger partial charge is 0.405 e. The molecule has 1 atom stereocenters. The van der Waals surface area contributed by atoms with E-state index in [0.29, 0.717) is 0 Å². The maximum absolute atomic E-state index is 9.99. The Hall–Kier alpha value is 0.140. The van der Waals surface area contributed by atoms with Crippen LogP contribution in [-0.2, 0) is 0 Å². The summed E-state index contributed by atoms with van der Waals surface area (Å²) in [4.78, 5) is 9.17. The van der Waals surface area contributed by atoms with Gasteiger partial charge in [-0.15, -0.1) is 34.8 Å². The first-order valence-corrected chi connectivity index (χ1v) is 3.82. The number of carboxylic acid groups (broad SMARTS) is 1. The van der Waals surface area contributed by atoms with Crippen molar-refractivity contribution in [2.75, 3.05) is 5.88 Å². The topological polar surface area (TPSA) is 49.3 Å². The standard InChI is InChI=1S/C4H6Cl3NO2/c5-1-2(3(6)7)8-4(9)10/h2-3,8H,1H2,(H,9,10). The highest BCUT2D eigenvalue weighted by Crippen LogP contribution is 2.08. The summed E-state index contributed by atoms with van der Waals surface area (Å²) in [5, 5.41) is 10.2. The molecule has 0 aromatic rings. The average molecular weight is 206 g/mol. The van der Waals surface area contributed by atoms with Crippen LogP contribution in [-0.4, -0.2) is 28.0 Å². The normalized spacial score (nSPS) is 13.2. The van der Waals surface area contributed by atoms with Crippen molar-refractivity contribution in [1.29, 1.82) is 0 Å². The van der Waals surface area contributed by atoms with Crippen LogP contribution < -0.4 is 5.32 Å². The van der Waals surface area contributed by atoms with Crippen molar-refractivity contribution >= 4 is 40.9 Å². The lowest BCUT2D eigenvalue weighted by Crippen LogP contribution is -2.39. The van der Waals surface area contributed by atoms with Crippen LogP contribution in [0.2, 0.25) is 0 Å². The highest BCUT2D eigenvalue weighted by molar-refractivity contribution is 6.45. The SMILES string of the molecule is O=C(O)NC(CCl)C(Cl)Cl. The Kier molecular flexibility index (Phi) is 4.95. The Balaban J connectivity index is 3.71. The van der Waals surface area contributed by atoms with E-state index in [1.54, 1.807) is 0 Å². The lowest BCUT2D eigenvalue weighted by Gasteiger charge is -2.13. The van der Waals surface area contributed by atoms with E-state index in [0.717, 1.165) is 0 Å². The molecule has 0 saturated heterocycles. The van der Waals surface area contributed by atoms with Crippen LogP contribution in [0.3, 0.4) is 0 Å². The van der Waals surface area contributed by atoms with Crippen molar-refractivity contribution in [3.8, 4) is 0 Å². The monoisotopic (exact) mass is 205 g/mol. The highest BCUT2D eigenvalue weighted by atomic mass is 35.5. The minimum absolute atomic E-state index is 0.0595. The van der Waals surface area contributed by atoms with Crippen molar-refractivity contribution in [3.05, 3.63) is 0 Å². The maximum atomic E-state index is 9.99. The van der Waals surface area contributed by atoms with Crippen LogP contribution in [0.15, 0.2) is 0 Å². The summed E-state index contributed by atoms with van der Waals surface area (Å²) in [6.07, 6.45) is -1.18. The Morgan fingerprint density at radius 1 is 1.60 bits per heavy atom. The van der Waals surface area contributed by atoms with Gasteiger partial charge in [-0.3, -0.25) is 0 Å². The molecule has 3 nitrogen and oxygen atoms in total. The molecule has 0 aliphatic carbocycles. The van der Waals surface area contributed by atoms with Crippen LogP contribution in [0, 0.1) is 0 Å². The maximum Gasteiger partial charge on any atom is 0.405 e. The van der Waals surface area contributed by atoms with Crippen molar-refractivity contribution in [2.45, 2.75) is 10.9 Å². The van der Waals surface area contributed by atoms with E-state index in [1.165, 1.54) is 0 Å². The van der Waals surface area contributed by atoms with Crippen LogP contribution in [0.25, 0.3) is 0 Å². The van der Waals surface area contributed by atoms with Gasteiger partial charge in [-0.1, -0.05) is 0 Å². The third-order valence-corrected chi connectivity index (χ3v) is 1.72. The van der Waals surface area contributed by atoms with Gasteiger partial charge >= 0.3 is 6.09 Å². The molecule has 0 radical (unpaired) electrons. The van der Waals surface area contributed by atoms with Gasteiger partial charge in [0.05, 0.1) is 6.04 Å². The molecule has 0 aromatic heterocycles. The van der Waals surface area contributed by atoms with E-state index >= 15 is 0 Å². The van der Waals surface area contributed by atoms with Gasteiger partial charge in [-0.05, 0) is 0 Å². The second kappa shape index (κ2) is 4.88. The minimum atomic E-state index is -1.18. The van der Waals surface area contributed by atoms with E-state index in [9.17, 15) is 4.79 Å². The molecule has 6 heteroatoms. The Labute approximate surface area is 73.2 Å². The molecule has 0 heterocycles. The number of rotatable bonds is 3. The molecule has 0 spiro atoms. The summed E-state index contributed by atoms with van der Waals surface area (Å²) in [5.74, 6) is 0.0595. The number of carbonyl (C=O) groups is 1. The molecular weight excluding hydrogens is 200 g/mol. The van der Waals surface area contributed by atoms with Gasteiger partial charge in [0.2, 0.25) is 0 Å². The second-order valence-corrected chi connectivity index (χ2v) is 3.02. The number of amides is 1. The highest BCUT2D eigenvalue weighted by Gasteiger charge is 2.17. The zero-order valence-corrected chi connectivity index (χ0v) is 7.12. The van der Waals surface area contributed by atoms with Crippen LogP contribution in [0.4, 0.5) is 4.79 Å². The Bertz CT molecular complexity index is 119. The van der Waals surface area contributed by atoms with Crippen LogP contribution in [0.5, 0.6) is 0 Å². The zero-order chi connectivity index (χ0) is 8.15. The summed E-state index contributed by atoms with van der Waals surface area (Å²) in [7, 11) is 0. The molecule has 60 valence electrons. The quantitative estimate of drug-likeness (QED) is 0.690. The van der Waals surface area contributed by atoms with E-state index < -0.39 is 17.0 Å². The lowest BCUT2D eigenvalue weighted by atomic mass is 10.4. The molecule has 0 aliphatic heterocycles. The molecule has 1 amide bonds. The average Bonchev–Trinajstić information content (AvgIpc) is 1.81. The molecule has 0 saturated carbocycles. The molecule has 0 aliphatic rings.